The number of nitrogens with zero attached hydrogens (tertiary/aromatic N) is 1. The van der Waals surface area contributed by atoms with E-state index in [9.17, 15) is 9.59 Å². The molecule has 0 saturated heterocycles. The zero-order valence-corrected chi connectivity index (χ0v) is 11.2. The van der Waals surface area contributed by atoms with E-state index >= 15 is 0 Å². The van der Waals surface area contributed by atoms with Gasteiger partial charge in [0, 0.05) is 5.75 Å². The highest BCUT2D eigenvalue weighted by Gasteiger charge is 2.15. The second kappa shape index (κ2) is 6.05. The van der Waals surface area contributed by atoms with Gasteiger partial charge in [0.2, 0.25) is 0 Å². The zero-order valence-electron chi connectivity index (χ0n) is 8.82. The van der Waals surface area contributed by atoms with E-state index in [1.54, 1.807) is 6.92 Å². The highest BCUT2D eigenvalue weighted by atomic mass is 79.9. The number of aromatic nitrogens is 2. The largest absolute Gasteiger partial charge is 0.469 e. The van der Waals surface area contributed by atoms with Gasteiger partial charge in [0.05, 0.1) is 19.4 Å². The summed E-state index contributed by atoms with van der Waals surface area (Å²) in [5.41, 5.74) is -0.233. The maximum Gasteiger partial charge on any atom is 0.309 e. The average molecular weight is 307 g/mol. The standard InChI is InChI=1S/C9H11BrN2O3S/c1-5(9(14)15-2)3-16-8-6(10)7(13)11-4-12-8/h4-5H,3H2,1-2H3,(H,11,12,13). The van der Waals surface area contributed by atoms with Crippen LogP contribution in [0.15, 0.2) is 20.6 Å². The van der Waals surface area contributed by atoms with E-state index in [1.165, 1.54) is 25.2 Å². The molecule has 16 heavy (non-hydrogen) atoms. The van der Waals surface area contributed by atoms with Crippen molar-refractivity contribution in [3.8, 4) is 0 Å². The topological polar surface area (TPSA) is 72.0 Å². The average Bonchev–Trinajstić information content (AvgIpc) is 2.29. The van der Waals surface area contributed by atoms with Gasteiger partial charge < -0.3 is 9.72 Å². The van der Waals surface area contributed by atoms with Gasteiger partial charge in [0.1, 0.15) is 9.50 Å². The number of thioether (sulfide) groups is 1. The lowest BCUT2D eigenvalue weighted by Gasteiger charge is -2.08. The number of ether oxygens (including phenoxy) is 1. The molecule has 0 aliphatic heterocycles. The van der Waals surface area contributed by atoms with Gasteiger partial charge in [-0.15, -0.1) is 11.8 Å². The minimum atomic E-state index is -0.270. The first-order valence-electron chi connectivity index (χ1n) is 4.50. The number of aromatic amines is 1. The Morgan fingerprint density at radius 3 is 3.06 bits per heavy atom. The summed E-state index contributed by atoms with van der Waals surface area (Å²) < 4.78 is 4.99. The zero-order chi connectivity index (χ0) is 12.1. The van der Waals surface area contributed by atoms with Crippen molar-refractivity contribution in [3.05, 3.63) is 21.2 Å². The Balaban J connectivity index is 2.65. The molecule has 7 heteroatoms. The molecule has 0 bridgehead atoms. The second-order valence-corrected chi connectivity index (χ2v) is 4.89. The fraction of sp³-hybridized carbons (Fsp3) is 0.444. The molecule has 0 amide bonds. The minimum absolute atomic E-state index is 0.233. The molecule has 1 rings (SSSR count). The van der Waals surface area contributed by atoms with Crippen LogP contribution >= 0.6 is 27.7 Å². The Morgan fingerprint density at radius 2 is 2.44 bits per heavy atom. The number of nitrogens with one attached hydrogen (secondary N) is 1. The number of halogens is 1. The van der Waals surface area contributed by atoms with Gasteiger partial charge >= 0.3 is 5.97 Å². The lowest BCUT2D eigenvalue weighted by molar-refractivity contribution is -0.143. The smallest absolute Gasteiger partial charge is 0.309 e. The molecule has 1 unspecified atom stereocenters. The normalized spacial score (nSPS) is 12.2. The van der Waals surface area contributed by atoms with E-state index < -0.39 is 0 Å². The highest BCUT2D eigenvalue weighted by Crippen LogP contribution is 2.23. The molecule has 88 valence electrons. The Labute approximate surface area is 105 Å². The maximum atomic E-state index is 11.2. The van der Waals surface area contributed by atoms with Gasteiger partial charge in [-0.05, 0) is 15.9 Å². The fourth-order valence-corrected chi connectivity index (χ4v) is 2.39. The summed E-state index contributed by atoms with van der Waals surface area (Å²) in [6.45, 7) is 1.76. The van der Waals surface area contributed by atoms with E-state index in [2.05, 4.69) is 30.6 Å². The van der Waals surface area contributed by atoms with Crippen LogP contribution in [0.5, 0.6) is 0 Å². The summed E-state index contributed by atoms with van der Waals surface area (Å²) in [4.78, 5) is 28.8. The predicted octanol–water partition coefficient (Wildman–Crippen LogP) is 1.43. The third-order valence-electron chi connectivity index (χ3n) is 1.84. The van der Waals surface area contributed by atoms with Crippen molar-refractivity contribution in [2.24, 2.45) is 5.92 Å². The molecule has 1 aromatic rings. The highest BCUT2D eigenvalue weighted by molar-refractivity contribution is 9.10. The quantitative estimate of drug-likeness (QED) is 0.517. The van der Waals surface area contributed by atoms with Crippen LogP contribution in [0.4, 0.5) is 0 Å². The van der Waals surface area contributed by atoms with Gasteiger partial charge in [-0.2, -0.15) is 0 Å². The van der Waals surface area contributed by atoms with Crippen LogP contribution in [0.1, 0.15) is 6.92 Å². The lowest BCUT2D eigenvalue weighted by atomic mass is 10.2. The van der Waals surface area contributed by atoms with Crippen LogP contribution < -0.4 is 5.56 Å². The first-order chi connectivity index (χ1) is 7.56. The van der Waals surface area contributed by atoms with Crippen LogP contribution in [0.25, 0.3) is 0 Å². The number of H-pyrrole nitrogens is 1. The van der Waals surface area contributed by atoms with E-state index in [1.807, 2.05) is 0 Å². The first-order valence-corrected chi connectivity index (χ1v) is 6.28. The molecule has 0 fully saturated rings. The van der Waals surface area contributed by atoms with E-state index in [0.717, 1.165) is 0 Å². The second-order valence-electron chi connectivity index (χ2n) is 3.09. The number of methoxy groups -OCH3 is 1. The number of carbonyl (C=O) groups is 1. The van der Waals surface area contributed by atoms with E-state index in [4.69, 9.17) is 0 Å². The summed E-state index contributed by atoms with van der Waals surface area (Å²) in [5.74, 6) is 0.0123. The molecule has 0 spiro atoms. The van der Waals surface area contributed by atoms with Crippen LogP contribution in [-0.2, 0) is 9.53 Å². The molecule has 0 radical (unpaired) electrons. The van der Waals surface area contributed by atoms with Gasteiger partial charge in [-0.25, -0.2) is 4.98 Å². The lowest BCUT2D eigenvalue weighted by Crippen LogP contribution is -2.15. The molecule has 5 nitrogen and oxygen atoms in total. The van der Waals surface area contributed by atoms with Crippen LogP contribution in [0.2, 0.25) is 0 Å². The predicted molar refractivity (Wildman–Crippen MR) is 64.5 cm³/mol. The molecule has 1 heterocycles. The minimum Gasteiger partial charge on any atom is -0.469 e. The van der Waals surface area contributed by atoms with Gasteiger partial charge in [-0.1, -0.05) is 6.92 Å². The van der Waals surface area contributed by atoms with Gasteiger partial charge in [0.15, 0.2) is 0 Å². The number of rotatable bonds is 4. The van der Waals surface area contributed by atoms with Crippen molar-refractivity contribution in [2.45, 2.75) is 11.9 Å². The van der Waals surface area contributed by atoms with E-state index in [-0.39, 0.29) is 17.4 Å². The summed E-state index contributed by atoms with van der Waals surface area (Å²) in [6, 6.07) is 0. The molecular weight excluding hydrogens is 296 g/mol. The number of carbonyl (C=O) groups excluding carboxylic acids is 1. The van der Waals surface area contributed by atoms with Crippen molar-refractivity contribution in [1.82, 2.24) is 9.97 Å². The number of hydrogen-bond acceptors (Lipinski definition) is 5. The third kappa shape index (κ3) is 3.34. The summed E-state index contributed by atoms with van der Waals surface area (Å²) >= 11 is 4.48. The molecule has 0 aliphatic carbocycles. The molecule has 0 aliphatic rings. The van der Waals surface area contributed by atoms with Crippen LogP contribution in [0.3, 0.4) is 0 Å². The Kier molecular flexibility index (Phi) is 5.01. The van der Waals surface area contributed by atoms with Crippen molar-refractivity contribution in [3.63, 3.8) is 0 Å². The Morgan fingerprint density at radius 1 is 1.75 bits per heavy atom. The van der Waals surface area contributed by atoms with Gasteiger partial charge in [-0.3, -0.25) is 9.59 Å². The molecule has 1 atom stereocenters. The SMILES string of the molecule is COC(=O)C(C)CSc1nc[nH]c(=O)c1Br. The monoisotopic (exact) mass is 306 g/mol. The Bertz CT molecular complexity index is 435. The van der Waals surface area contributed by atoms with E-state index in [0.29, 0.717) is 15.3 Å². The van der Waals surface area contributed by atoms with Crippen molar-refractivity contribution >= 4 is 33.7 Å². The number of esters is 1. The third-order valence-corrected chi connectivity index (χ3v) is 4.09. The fourth-order valence-electron chi connectivity index (χ4n) is 0.940. The summed E-state index contributed by atoms with van der Waals surface area (Å²) in [6.07, 6.45) is 1.33. The summed E-state index contributed by atoms with van der Waals surface area (Å²) in [7, 11) is 1.35. The van der Waals surface area contributed by atoms with Gasteiger partial charge in [0.25, 0.3) is 5.56 Å². The Hall–Kier alpha value is -0.820. The molecule has 1 aromatic heterocycles. The molecule has 0 aromatic carbocycles. The van der Waals surface area contributed by atoms with Crippen molar-refractivity contribution < 1.29 is 9.53 Å². The van der Waals surface area contributed by atoms with Crippen molar-refractivity contribution in [1.29, 1.82) is 0 Å². The first kappa shape index (κ1) is 13.2. The number of hydrogen-bond donors (Lipinski definition) is 1. The molecular formula is C9H11BrN2O3S. The van der Waals surface area contributed by atoms with Crippen LogP contribution in [0, 0.1) is 5.92 Å². The molecule has 1 N–H and O–H groups in total. The van der Waals surface area contributed by atoms with Crippen molar-refractivity contribution in [2.75, 3.05) is 12.9 Å². The maximum absolute atomic E-state index is 11.2. The summed E-state index contributed by atoms with van der Waals surface area (Å²) in [5, 5.41) is 0.569. The molecule has 0 saturated carbocycles. The van der Waals surface area contributed by atoms with Crippen LogP contribution in [-0.4, -0.2) is 28.8 Å².